The molecule has 2 rings (SSSR count). The fraction of sp³-hybridized carbons (Fsp3) is 0.222. The Morgan fingerprint density at radius 3 is 2.32 bits per heavy atom. The molecule has 10 nitrogen and oxygen atoms in total. The standard InChI is InChI=1S/C18H19N3O7/c1-12(28-16-6-4-3-5-15(16)26-2)18(23)20-19-17(22)11-27-14-9-7-13(8-10-14)21(24)25/h3-10,12H,11H2,1-2H3,(H,19,22)(H,20,23)/t12-/m0/s1. The van der Waals surface area contributed by atoms with E-state index < -0.39 is 22.8 Å². The third-order valence-electron chi connectivity index (χ3n) is 3.48. The number of hydrogen-bond donors (Lipinski definition) is 2. The molecule has 0 aromatic heterocycles. The molecular weight excluding hydrogens is 370 g/mol. The minimum atomic E-state index is -0.896. The van der Waals surface area contributed by atoms with E-state index in [4.69, 9.17) is 14.2 Å². The van der Waals surface area contributed by atoms with Crippen molar-refractivity contribution >= 4 is 17.5 Å². The van der Waals surface area contributed by atoms with Gasteiger partial charge in [-0.3, -0.25) is 30.6 Å². The van der Waals surface area contributed by atoms with E-state index in [-0.39, 0.29) is 18.0 Å². The van der Waals surface area contributed by atoms with Gasteiger partial charge < -0.3 is 14.2 Å². The maximum Gasteiger partial charge on any atom is 0.279 e. The van der Waals surface area contributed by atoms with Gasteiger partial charge in [0.1, 0.15) is 5.75 Å². The van der Waals surface area contributed by atoms with Gasteiger partial charge in [-0.1, -0.05) is 12.1 Å². The summed E-state index contributed by atoms with van der Waals surface area (Å²) in [5.74, 6) is -0.0473. The van der Waals surface area contributed by atoms with Crippen LogP contribution in [0, 0.1) is 10.1 Å². The first-order chi connectivity index (χ1) is 13.4. The highest BCUT2D eigenvalue weighted by atomic mass is 16.6. The Hall–Kier alpha value is -3.82. The number of amides is 2. The first-order valence-corrected chi connectivity index (χ1v) is 8.16. The number of nitro groups is 1. The van der Waals surface area contributed by atoms with E-state index in [9.17, 15) is 19.7 Å². The number of nitro benzene ring substituents is 1. The number of para-hydroxylation sites is 2. The van der Waals surface area contributed by atoms with E-state index in [0.717, 1.165) is 0 Å². The molecule has 28 heavy (non-hydrogen) atoms. The quantitative estimate of drug-likeness (QED) is 0.518. The number of non-ortho nitro benzene ring substituents is 1. The maximum atomic E-state index is 12.0. The summed E-state index contributed by atoms with van der Waals surface area (Å²) >= 11 is 0. The number of nitrogens with one attached hydrogen (secondary N) is 2. The molecule has 0 saturated heterocycles. The zero-order valence-electron chi connectivity index (χ0n) is 15.2. The van der Waals surface area contributed by atoms with E-state index >= 15 is 0 Å². The SMILES string of the molecule is COc1ccccc1O[C@@H](C)C(=O)NNC(=O)COc1ccc([N+](=O)[O-])cc1. The third kappa shape index (κ3) is 5.87. The predicted octanol–water partition coefficient (Wildman–Crippen LogP) is 1.60. The lowest BCUT2D eigenvalue weighted by Crippen LogP contribution is -2.48. The molecule has 0 radical (unpaired) electrons. The molecule has 0 aliphatic heterocycles. The minimum absolute atomic E-state index is 0.0897. The van der Waals surface area contributed by atoms with Gasteiger partial charge in [-0.25, -0.2) is 0 Å². The summed E-state index contributed by atoms with van der Waals surface area (Å²) in [6, 6.07) is 12.1. The second-order valence-corrected chi connectivity index (χ2v) is 5.49. The summed E-state index contributed by atoms with van der Waals surface area (Å²) in [4.78, 5) is 33.8. The summed E-state index contributed by atoms with van der Waals surface area (Å²) in [6.45, 7) is 1.13. The molecule has 1 atom stereocenters. The molecule has 0 fully saturated rings. The number of rotatable bonds is 8. The normalized spacial score (nSPS) is 11.1. The summed E-state index contributed by atoms with van der Waals surface area (Å²) in [5, 5.41) is 10.6. The van der Waals surface area contributed by atoms with E-state index in [0.29, 0.717) is 11.5 Å². The Balaban J connectivity index is 1.76. The zero-order valence-corrected chi connectivity index (χ0v) is 15.2. The maximum absolute atomic E-state index is 12.0. The number of nitrogens with zero attached hydrogens (tertiary/aromatic N) is 1. The van der Waals surface area contributed by atoms with Crippen molar-refractivity contribution in [2.45, 2.75) is 13.0 Å². The van der Waals surface area contributed by atoms with Crippen molar-refractivity contribution in [1.29, 1.82) is 0 Å². The molecule has 2 N–H and O–H groups in total. The molecule has 0 aliphatic carbocycles. The number of benzene rings is 2. The van der Waals surface area contributed by atoms with Crippen LogP contribution in [0.3, 0.4) is 0 Å². The van der Waals surface area contributed by atoms with E-state index in [1.807, 2.05) is 0 Å². The number of hydrogen-bond acceptors (Lipinski definition) is 7. The number of carbonyl (C=O) groups excluding carboxylic acids is 2. The Bertz CT molecular complexity index is 839. The van der Waals surface area contributed by atoms with Gasteiger partial charge in [0, 0.05) is 12.1 Å². The van der Waals surface area contributed by atoms with Crippen LogP contribution in [-0.4, -0.2) is 36.6 Å². The lowest BCUT2D eigenvalue weighted by Gasteiger charge is -2.16. The van der Waals surface area contributed by atoms with Crippen LogP contribution in [0.2, 0.25) is 0 Å². The van der Waals surface area contributed by atoms with Gasteiger partial charge in [-0.2, -0.15) is 0 Å². The fourth-order valence-corrected chi connectivity index (χ4v) is 2.04. The molecule has 0 spiro atoms. The Labute approximate surface area is 160 Å². The first-order valence-electron chi connectivity index (χ1n) is 8.16. The van der Waals surface area contributed by atoms with Crippen LogP contribution < -0.4 is 25.1 Å². The van der Waals surface area contributed by atoms with Crippen molar-refractivity contribution in [3.05, 3.63) is 58.6 Å². The molecule has 0 heterocycles. The van der Waals surface area contributed by atoms with Crippen molar-refractivity contribution in [2.75, 3.05) is 13.7 Å². The average molecular weight is 389 g/mol. The molecule has 148 valence electrons. The molecule has 0 saturated carbocycles. The molecular formula is C18H19N3O7. The number of methoxy groups -OCH3 is 1. The summed E-state index contributed by atoms with van der Waals surface area (Å²) < 4.78 is 15.8. The topological polar surface area (TPSA) is 129 Å². The van der Waals surface area contributed by atoms with Gasteiger partial charge in [0.25, 0.3) is 17.5 Å². The van der Waals surface area contributed by atoms with Crippen LogP contribution in [0.1, 0.15) is 6.92 Å². The average Bonchev–Trinajstić information content (AvgIpc) is 2.71. The second kappa shape index (κ2) is 9.76. The molecule has 2 aromatic carbocycles. The number of ether oxygens (including phenoxy) is 3. The number of carbonyl (C=O) groups is 2. The van der Waals surface area contributed by atoms with Crippen LogP contribution in [0.5, 0.6) is 17.2 Å². The van der Waals surface area contributed by atoms with Gasteiger partial charge >= 0.3 is 0 Å². The molecule has 10 heteroatoms. The molecule has 2 aromatic rings. The van der Waals surface area contributed by atoms with E-state index in [2.05, 4.69) is 10.9 Å². The smallest absolute Gasteiger partial charge is 0.279 e. The van der Waals surface area contributed by atoms with Gasteiger partial charge in [0.2, 0.25) is 0 Å². The Kier molecular flexibility index (Phi) is 7.14. The van der Waals surface area contributed by atoms with Gasteiger partial charge in [0.05, 0.1) is 12.0 Å². The Morgan fingerprint density at radius 2 is 1.71 bits per heavy atom. The molecule has 0 aliphatic rings. The van der Waals surface area contributed by atoms with E-state index in [1.54, 1.807) is 24.3 Å². The monoisotopic (exact) mass is 389 g/mol. The highest BCUT2D eigenvalue weighted by molar-refractivity contribution is 5.85. The van der Waals surface area contributed by atoms with Crippen LogP contribution in [0.15, 0.2) is 48.5 Å². The van der Waals surface area contributed by atoms with E-state index in [1.165, 1.54) is 38.3 Å². The van der Waals surface area contributed by atoms with Crippen molar-refractivity contribution in [3.8, 4) is 17.2 Å². The van der Waals surface area contributed by atoms with Crippen LogP contribution >= 0.6 is 0 Å². The van der Waals surface area contributed by atoms with Crippen molar-refractivity contribution in [1.82, 2.24) is 10.9 Å². The van der Waals surface area contributed by atoms with Gasteiger partial charge in [-0.05, 0) is 31.2 Å². The lowest BCUT2D eigenvalue weighted by molar-refractivity contribution is -0.384. The summed E-state index contributed by atoms with van der Waals surface area (Å²) in [7, 11) is 1.48. The van der Waals surface area contributed by atoms with Crippen molar-refractivity contribution < 1.29 is 28.7 Å². The summed E-state index contributed by atoms with van der Waals surface area (Å²) in [6.07, 6.45) is -0.896. The Morgan fingerprint density at radius 1 is 1.07 bits per heavy atom. The molecule has 2 amide bonds. The van der Waals surface area contributed by atoms with Crippen molar-refractivity contribution in [3.63, 3.8) is 0 Å². The van der Waals surface area contributed by atoms with Crippen LogP contribution in [-0.2, 0) is 9.59 Å². The van der Waals surface area contributed by atoms with Gasteiger partial charge in [0.15, 0.2) is 24.2 Å². The van der Waals surface area contributed by atoms with Crippen LogP contribution in [0.25, 0.3) is 0 Å². The third-order valence-corrected chi connectivity index (χ3v) is 3.48. The lowest BCUT2D eigenvalue weighted by atomic mass is 10.3. The van der Waals surface area contributed by atoms with Crippen molar-refractivity contribution in [2.24, 2.45) is 0 Å². The highest BCUT2D eigenvalue weighted by Gasteiger charge is 2.17. The molecule has 0 unspecified atom stereocenters. The predicted molar refractivity (Wildman–Crippen MR) is 98.0 cm³/mol. The molecule has 0 bridgehead atoms. The first kappa shape index (κ1) is 20.5. The largest absolute Gasteiger partial charge is 0.493 e. The fourth-order valence-electron chi connectivity index (χ4n) is 2.04. The second-order valence-electron chi connectivity index (χ2n) is 5.49. The zero-order chi connectivity index (χ0) is 20.5. The minimum Gasteiger partial charge on any atom is -0.493 e. The summed E-state index contributed by atoms with van der Waals surface area (Å²) in [5.41, 5.74) is 4.33. The highest BCUT2D eigenvalue weighted by Crippen LogP contribution is 2.26. The number of hydrazine groups is 1. The van der Waals surface area contributed by atoms with Crippen LogP contribution in [0.4, 0.5) is 5.69 Å². The van der Waals surface area contributed by atoms with Gasteiger partial charge in [-0.15, -0.1) is 0 Å².